The lowest BCUT2D eigenvalue weighted by molar-refractivity contribution is -0.401. The molecule has 0 aliphatic carbocycles. The van der Waals surface area contributed by atoms with Crippen LogP contribution in [0, 0.1) is 0 Å². The topological polar surface area (TPSA) is 250 Å². The Labute approximate surface area is 223 Å². The van der Waals surface area contributed by atoms with Crippen molar-refractivity contribution >= 4 is 23.7 Å². The molecule has 1 aliphatic heterocycles. The maximum atomic E-state index is 14.7. The number of hydrogen-bond acceptors (Lipinski definition) is 12. The zero-order valence-corrected chi connectivity index (χ0v) is 21.8. The molecule has 0 unspecified atom stereocenters. The van der Waals surface area contributed by atoms with Gasteiger partial charge < -0.3 is 56.7 Å². The van der Waals surface area contributed by atoms with Crippen molar-refractivity contribution in [3.8, 4) is 0 Å². The molecule has 226 valence electrons. The van der Waals surface area contributed by atoms with Crippen molar-refractivity contribution < 1.29 is 63.0 Å². The number of hydrogen-bond donors (Lipinski definition) is 9. The number of rotatable bonds is 14. The summed E-state index contributed by atoms with van der Waals surface area (Å²) in [5.41, 5.74) is 5.78. The average Bonchev–Trinajstić information content (AvgIpc) is 2.88. The quantitative estimate of drug-likeness (QED) is 0.0713. The molecular weight excluding hydrogens is 534 g/mol. The van der Waals surface area contributed by atoms with E-state index < -0.39 is 84.5 Å². The van der Waals surface area contributed by atoms with Crippen LogP contribution in [0.3, 0.4) is 0 Å². The van der Waals surface area contributed by atoms with E-state index in [0.717, 1.165) is 0 Å². The van der Waals surface area contributed by atoms with Crippen LogP contribution in [-0.2, 0) is 28.7 Å². The molecule has 1 saturated heterocycles. The maximum Gasteiger partial charge on any atom is 0.379 e. The van der Waals surface area contributed by atoms with Crippen LogP contribution in [0.2, 0.25) is 0 Å². The van der Waals surface area contributed by atoms with Crippen molar-refractivity contribution in [2.75, 3.05) is 19.8 Å². The lowest BCUT2D eigenvalue weighted by Gasteiger charge is -2.47. The fraction of sp³-hybridized carbons (Fsp3) is 0.818. The highest BCUT2D eigenvalue weighted by Gasteiger charge is 2.69. The molecule has 3 amide bonds. The number of esters is 1. The molecule has 0 aromatic rings. The van der Waals surface area contributed by atoms with Gasteiger partial charge >= 0.3 is 11.9 Å². The Morgan fingerprint density at radius 3 is 2.21 bits per heavy atom. The first-order chi connectivity index (χ1) is 18.0. The Bertz CT molecular complexity index is 866. The average molecular weight is 573 g/mol. The first-order valence-electron chi connectivity index (χ1n) is 12.3. The molecule has 0 aromatic heterocycles. The van der Waals surface area contributed by atoms with Gasteiger partial charge in [0.05, 0.1) is 19.3 Å². The highest BCUT2D eigenvalue weighted by molar-refractivity contribution is 5.91. The number of aliphatic hydroxyl groups excluding tert-OH is 4. The molecule has 0 bridgehead atoms. The number of carbonyl (C=O) groups is 4. The van der Waals surface area contributed by atoms with E-state index >= 15 is 0 Å². The predicted octanol–water partition coefficient (Wildman–Crippen LogP) is -4.03. The molecule has 39 heavy (non-hydrogen) atoms. The monoisotopic (exact) mass is 572 g/mol. The summed E-state index contributed by atoms with van der Waals surface area (Å²) in [5, 5.41) is 55.1. The van der Waals surface area contributed by atoms with Crippen LogP contribution < -0.4 is 21.7 Å². The fourth-order valence-corrected chi connectivity index (χ4v) is 3.56. The second-order valence-corrected chi connectivity index (χ2v) is 9.11. The molecule has 0 saturated carbocycles. The van der Waals surface area contributed by atoms with Gasteiger partial charge in [0, 0.05) is 6.54 Å². The number of alkyl halides is 2. The van der Waals surface area contributed by atoms with Crippen LogP contribution >= 0.6 is 0 Å². The number of aliphatic hydroxyl groups is 5. The van der Waals surface area contributed by atoms with Crippen LogP contribution in [-0.4, -0.2) is 123 Å². The number of carbonyl (C=O) groups excluding carboxylic acids is 4. The van der Waals surface area contributed by atoms with Crippen molar-refractivity contribution in [3.05, 3.63) is 0 Å². The normalized spacial score (nSPS) is 27.6. The van der Waals surface area contributed by atoms with Crippen LogP contribution in [0.25, 0.3) is 0 Å². The molecule has 0 spiro atoms. The minimum Gasteiger partial charge on any atom is -0.464 e. The van der Waals surface area contributed by atoms with Gasteiger partial charge in [0.1, 0.15) is 36.5 Å². The first kappa shape index (κ1) is 34.5. The first-order valence-corrected chi connectivity index (χ1v) is 12.3. The van der Waals surface area contributed by atoms with E-state index in [9.17, 15) is 48.4 Å². The fourth-order valence-electron chi connectivity index (χ4n) is 3.56. The van der Waals surface area contributed by atoms with Gasteiger partial charge in [0.25, 0.3) is 11.7 Å². The summed E-state index contributed by atoms with van der Waals surface area (Å²) in [5.74, 6) is -12.8. The minimum absolute atomic E-state index is 0.0414. The van der Waals surface area contributed by atoms with E-state index in [-0.39, 0.29) is 32.4 Å². The largest absolute Gasteiger partial charge is 0.464 e. The predicted molar refractivity (Wildman–Crippen MR) is 127 cm³/mol. The molecule has 1 aliphatic rings. The van der Waals surface area contributed by atoms with E-state index in [0.29, 0.717) is 0 Å². The highest BCUT2D eigenvalue weighted by atomic mass is 19.3. The second-order valence-electron chi connectivity index (χ2n) is 9.11. The van der Waals surface area contributed by atoms with Gasteiger partial charge in [0.15, 0.2) is 0 Å². The lowest BCUT2D eigenvalue weighted by atomic mass is 9.88. The van der Waals surface area contributed by atoms with Crippen molar-refractivity contribution in [3.63, 3.8) is 0 Å². The molecule has 0 aromatic carbocycles. The third-order valence-electron chi connectivity index (χ3n) is 6.02. The van der Waals surface area contributed by atoms with Crippen LogP contribution in [0.5, 0.6) is 0 Å². The number of amides is 3. The summed E-state index contributed by atoms with van der Waals surface area (Å²) >= 11 is 0. The van der Waals surface area contributed by atoms with Gasteiger partial charge in [-0.1, -0.05) is 0 Å². The zero-order chi connectivity index (χ0) is 30.1. The van der Waals surface area contributed by atoms with Gasteiger partial charge in [0.2, 0.25) is 11.8 Å². The van der Waals surface area contributed by atoms with E-state index in [2.05, 4.69) is 15.4 Å². The third kappa shape index (κ3) is 8.47. The van der Waals surface area contributed by atoms with Crippen molar-refractivity contribution in [2.24, 2.45) is 5.73 Å². The number of halogens is 2. The van der Waals surface area contributed by atoms with E-state index in [1.165, 1.54) is 13.8 Å². The van der Waals surface area contributed by atoms with E-state index in [1.54, 1.807) is 6.92 Å². The smallest absolute Gasteiger partial charge is 0.379 e. The number of nitrogens with one attached hydrogen (secondary N) is 3. The summed E-state index contributed by atoms with van der Waals surface area (Å²) in [4.78, 5) is 48.0. The maximum absolute atomic E-state index is 14.7. The second kappa shape index (κ2) is 14.7. The Morgan fingerprint density at radius 1 is 1.05 bits per heavy atom. The number of ether oxygens (including phenoxy) is 2. The molecule has 1 rings (SSSR count). The number of unbranched alkanes of at least 4 members (excludes halogenated alkanes) is 1. The Morgan fingerprint density at radius 2 is 1.64 bits per heavy atom. The standard InChI is InChI=1S/C22H38F2N4O11/c1-4-38-19(35)11(3)28-17(33)10(2)27-18(34)12(25)7-5-6-8-26-20(36)21(23,24)22(37)16(32)15(31)14(30)13(9-29)39-22/h10-16,29-32,37H,4-9,25H2,1-3H3,(H,26,36)(H,27,34)(H,28,33)/t10-,11-,12-,13+,14-,15-,16+,22+/m0/s1. The summed E-state index contributed by atoms with van der Waals surface area (Å²) in [6, 6.07) is -3.06. The Hall–Kier alpha value is -2.54. The Kier molecular flexibility index (Phi) is 13.0. The molecule has 17 heteroatoms. The summed E-state index contributed by atoms with van der Waals surface area (Å²) in [6.45, 7) is 3.05. The van der Waals surface area contributed by atoms with E-state index in [4.69, 9.17) is 15.6 Å². The zero-order valence-electron chi connectivity index (χ0n) is 21.8. The van der Waals surface area contributed by atoms with Gasteiger partial charge in [-0.3, -0.25) is 14.4 Å². The van der Waals surface area contributed by atoms with Crippen molar-refractivity contribution in [1.82, 2.24) is 16.0 Å². The minimum atomic E-state index is -4.81. The molecule has 1 heterocycles. The summed E-state index contributed by atoms with van der Waals surface area (Å²) < 4.78 is 38.6. The SMILES string of the molecule is CCOC(=O)[C@H](C)NC(=O)[C@H](C)NC(=O)[C@@H](N)CCCCNC(=O)C(F)(F)[C@]1(O)O[C@H](CO)[C@H](O)[C@H](O)[C@H]1O. The van der Waals surface area contributed by atoms with Crippen molar-refractivity contribution in [2.45, 2.75) is 94.3 Å². The van der Waals surface area contributed by atoms with Crippen molar-refractivity contribution in [1.29, 1.82) is 0 Å². The van der Waals surface area contributed by atoms with Gasteiger partial charge in [-0.05, 0) is 40.0 Å². The lowest BCUT2D eigenvalue weighted by Crippen LogP contribution is -2.73. The van der Waals surface area contributed by atoms with E-state index in [1.807, 2.05) is 5.32 Å². The summed E-state index contributed by atoms with van der Waals surface area (Å²) in [6.07, 6.45) is -8.78. The molecule has 15 nitrogen and oxygen atoms in total. The van der Waals surface area contributed by atoms with Crippen LogP contribution in [0.1, 0.15) is 40.0 Å². The molecule has 8 atom stereocenters. The van der Waals surface area contributed by atoms with Crippen LogP contribution in [0.15, 0.2) is 0 Å². The van der Waals surface area contributed by atoms with Crippen LogP contribution in [0.4, 0.5) is 8.78 Å². The molecule has 1 fully saturated rings. The molecule has 0 radical (unpaired) electrons. The Balaban J connectivity index is 2.51. The molecule has 10 N–H and O–H groups in total. The highest BCUT2D eigenvalue weighted by Crippen LogP contribution is 2.40. The van der Waals surface area contributed by atoms with Gasteiger partial charge in [-0.25, -0.2) is 4.79 Å². The third-order valence-corrected chi connectivity index (χ3v) is 6.02. The van der Waals surface area contributed by atoms with Gasteiger partial charge in [-0.2, -0.15) is 8.78 Å². The summed E-state index contributed by atoms with van der Waals surface area (Å²) in [7, 11) is 0. The van der Waals surface area contributed by atoms with Gasteiger partial charge in [-0.15, -0.1) is 0 Å². The number of nitrogens with two attached hydrogens (primary N) is 1. The molecular formula is C22H38F2N4O11.